The number of aliphatic hydroxyl groups is 1. The molecule has 3 heteroatoms. The van der Waals surface area contributed by atoms with Crippen LogP contribution in [0, 0.1) is 0 Å². The fourth-order valence-electron chi connectivity index (χ4n) is 0.239. The molecule has 0 aromatic carbocycles. The summed E-state index contributed by atoms with van der Waals surface area (Å²) in [5.41, 5.74) is 0.176. The van der Waals surface area contributed by atoms with E-state index in [0.717, 1.165) is 0 Å². The van der Waals surface area contributed by atoms with E-state index in [1.165, 1.54) is 6.92 Å². The molecule has 0 amide bonds. The molecule has 0 aliphatic heterocycles. The minimum absolute atomic E-state index is 0.176. The Balaban J connectivity index is 0. The molecule has 0 saturated heterocycles. The highest BCUT2D eigenvalue weighted by atomic mass is 16.4. The predicted octanol–water partition coefficient (Wildman–Crippen LogP) is 1.76. The largest absolute Gasteiger partial charge is 0.478 e. The molecular formula is C10H16O3. The zero-order valence-corrected chi connectivity index (χ0v) is 8.03. The van der Waals surface area contributed by atoms with Crippen LogP contribution in [-0.2, 0) is 4.79 Å². The summed E-state index contributed by atoms with van der Waals surface area (Å²) in [7, 11) is 0. The lowest BCUT2D eigenvalue weighted by atomic mass is 10.3. The van der Waals surface area contributed by atoms with E-state index in [2.05, 4.69) is 13.2 Å². The van der Waals surface area contributed by atoms with Gasteiger partial charge in [-0.1, -0.05) is 31.4 Å². The summed E-state index contributed by atoms with van der Waals surface area (Å²) in [5.74, 6) is -0.935. The van der Waals surface area contributed by atoms with Crippen molar-refractivity contribution < 1.29 is 15.0 Å². The molecule has 2 N–H and O–H groups in total. The quantitative estimate of drug-likeness (QED) is 0.519. The van der Waals surface area contributed by atoms with Gasteiger partial charge in [0.1, 0.15) is 0 Å². The molecule has 0 spiro atoms. The zero-order valence-electron chi connectivity index (χ0n) is 8.03. The summed E-state index contributed by atoms with van der Waals surface area (Å²) in [5, 5.41) is 16.4. The predicted molar refractivity (Wildman–Crippen MR) is 53.5 cm³/mol. The Labute approximate surface area is 78.7 Å². The topological polar surface area (TPSA) is 57.5 Å². The van der Waals surface area contributed by atoms with E-state index >= 15 is 0 Å². The molecule has 0 bridgehead atoms. The van der Waals surface area contributed by atoms with E-state index < -0.39 is 5.97 Å². The number of carboxylic acids is 1. The van der Waals surface area contributed by atoms with Crippen LogP contribution in [0.3, 0.4) is 0 Å². The van der Waals surface area contributed by atoms with Crippen molar-refractivity contribution in [2.45, 2.75) is 20.0 Å². The highest BCUT2D eigenvalue weighted by molar-refractivity contribution is 5.84. The molecule has 0 rings (SSSR count). The first-order chi connectivity index (χ1) is 5.91. The van der Waals surface area contributed by atoms with Gasteiger partial charge in [0.05, 0.1) is 6.10 Å². The smallest absolute Gasteiger partial charge is 0.330 e. The SMILES string of the molecule is C=C(C)C(=O)O.C=CC=CC(C)O. The maximum Gasteiger partial charge on any atom is 0.330 e. The number of aliphatic hydroxyl groups excluding tert-OH is 1. The molecule has 1 atom stereocenters. The van der Waals surface area contributed by atoms with E-state index in [9.17, 15) is 4.79 Å². The van der Waals surface area contributed by atoms with Crippen molar-refractivity contribution in [3.8, 4) is 0 Å². The second kappa shape index (κ2) is 8.74. The fraction of sp³-hybridized carbons (Fsp3) is 0.300. The average Bonchev–Trinajstić information content (AvgIpc) is 2.01. The maximum absolute atomic E-state index is 9.60. The number of hydrogen-bond donors (Lipinski definition) is 2. The Morgan fingerprint density at radius 3 is 2.00 bits per heavy atom. The van der Waals surface area contributed by atoms with Gasteiger partial charge >= 0.3 is 5.97 Å². The second-order valence-electron chi connectivity index (χ2n) is 2.45. The van der Waals surface area contributed by atoms with Crippen LogP contribution in [0.15, 0.2) is 37.0 Å². The van der Waals surface area contributed by atoms with Gasteiger partial charge in [-0.2, -0.15) is 0 Å². The third kappa shape index (κ3) is 18.0. The van der Waals surface area contributed by atoms with Crippen molar-refractivity contribution in [1.82, 2.24) is 0 Å². The molecule has 1 unspecified atom stereocenters. The van der Waals surface area contributed by atoms with Crippen molar-refractivity contribution in [2.24, 2.45) is 0 Å². The summed E-state index contributed by atoms with van der Waals surface area (Å²) >= 11 is 0. The molecule has 0 aliphatic rings. The molecule has 0 fully saturated rings. The van der Waals surface area contributed by atoms with Gasteiger partial charge in [-0.25, -0.2) is 4.79 Å². The molecule has 0 saturated carbocycles. The van der Waals surface area contributed by atoms with Gasteiger partial charge in [-0.15, -0.1) is 0 Å². The number of rotatable bonds is 3. The lowest BCUT2D eigenvalue weighted by Crippen LogP contribution is -1.92. The lowest BCUT2D eigenvalue weighted by molar-refractivity contribution is -0.132. The number of aliphatic carboxylic acids is 1. The van der Waals surface area contributed by atoms with E-state index in [0.29, 0.717) is 0 Å². The first-order valence-electron chi connectivity index (χ1n) is 3.78. The minimum atomic E-state index is -0.935. The van der Waals surface area contributed by atoms with Gasteiger partial charge in [-0.3, -0.25) is 0 Å². The van der Waals surface area contributed by atoms with Crippen LogP contribution in [-0.4, -0.2) is 22.3 Å². The normalized spacial score (nSPS) is 11.3. The van der Waals surface area contributed by atoms with Crippen LogP contribution in [0.4, 0.5) is 0 Å². The van der Waals surface area contributed by atoms with Crippen LogP contribution < -0.4 is 0 Å². The number of hydrogen-bond acceptors (Lipinski definition) is 2. The molecule has 0 heterocycles. The molecule has 0 radical (unpaired) electrons. The lowest BCUT2D eigenvalue weighted by Gasteiger charge is -1.87. The van der Waals surface area contributed by atoms with Crippen LogP contribution in [0.2, 0.25) is 0 Å². The van der Waals surface area contributed by atoms with Crippen LogP contribution in [0.5, 0.6) is 0 Å². The number of carbonyl (C=O) groups is 1. The molecule has 74 valence electrons. The molecule has 0 aromatic heterocycles. The maximum atomic E-state index is 9.60. The van der Waals surface area contributed by atoms with Crippen LogP contribution in [0.1, 0.15) is 13.8 Å². The summed E-state index contributed by atoms with van der Waals surface area (Å²) in [4.78, 5) is 9.60. The molecule has 13 heavy (non-hydrogen) atoms. The summed E-state index contributed by atoms with van der Waals surface area (Å²) in [6, 6.07) is 0. The van der Waals surface area contributed by atoms with Crippen molar-refractivity contribution in [2.75, 3.05) is 0 Å². The summed E-state index contributed by atoms with van der Waals surface area (Å²) < 4.78 is 0. The highest BCUT2D eigenvalue weighted by Gasteiger charge is 1.90. The van der Waals surface area contributed by atoms with Gasteiger partial charge < -0.3 is 10.2 Å². The van der Waals surface area contributed by atoms with Crippen molar-refractivity contribution in [3.05, 3.63) is 37.0 Å². The fourth-order valence-corrected chi connectivity index (χ4v) is 0.239. The first-order valence-corrected chi connectivity index (χ1v) is 3.78. The summed E-state index contributed by atoms with van der Waals surface area (Å²) in [6.45, 7) is 9.73. The van der Waals surface area contributed by atoms with Gasteiger partial charge in [0, 0.05) is 5.57 Å². The summed E-state index contributed by atoms with van der Waals surface area (Å²) in [6.07, 6.45) is 4.66. The van der Waals surface area contributed by atoms with Crippen molar-refractivity contribution >= 4 is 5.97 Å². The Bertz CT molecular complexity index is 190. The van der Waals surface area contributed by atoms with Crippen molar-refractivity contribution in [3.63, 3.8) is 0 Å². The Hall–Kier alpha value is -1.35. The molecular weight excluding hydrogens is 168 g/mol. The van der Waals surface area contributed by atoms with Crippen LogP contribution >= 0.6 is 0 Å². The van der Waals surface area contributed by atoms with Gasteiger partial charge in [0.15, 0.2) is 0 Å². The third-order valence-electron chi connectivity index (χ3n) is 0.891. The second-order valence-corrected chi connectivity index (χ2v) is 2.45. The third-order valence-corrected chi connectivity index (χ3v) is 0.891. The zero-order chi connectivity index (χ0) is 10.9. The van der Waals surface area contributed by atoms with E-state index in [1.54, 1.807) is 25.2 Å². The van der Waals surface area contributed by atoms with E-state index in [-0.39, 0.29) is 11.7 Å². The molecule has 3 nitrogen and oxygen atoms in total. The van der Waals surface area contributed by atoms with E-state index in [1.807, 2.05) is 0 Å². The Morgan fingerprint density at radius 2 is 1.92 bits per heavy atom. The van der Waals surface area contributed by atoms with Crippen LogP contribution in [0.25, 0.3) is 0 Å². The number of carboxylic acid groups (broad SMARTS) is 1. The minimum Gasteiger partial charge on any atom is -0.478 e. The van der Waals surface area contributed by atoms with E-state index in [4.69, 9.17) is 10.2 Å². The van der Waals surface area contributed by atoms with Gasteiger partial charge in [0.2, 0.25) is 0 Å². The molecule has 0 aromatic rings. The Kier molecular flexibility index (Phi) is 9.54. The average molecular weight is 184 g/mol. The highest BCUT2D eigenvalue weighted by Crippen LogP contribution is 1.81. The monoisotopic (exact) mass is 184 g/mol. The van der Waals surface area contributed by atoms with Gasteiger partial charge in [-0.05, 0) is 13.8 Å². The Morgan fingerprint density at radius 1 is 1.54 bits per heavy atom. The molecule has 0 aliphatic carbocycles. The van der Waals surface area contributed by atoms with Gasteiger partial charge in [0.25, 0.3) is 0 Å². The first kappa shape index (κ1) is 14.2. The number of allylic oxidation sites excluding steroid dienone is 2. The van der Waals surface area contributed by atoms with Crippen molar-refractivity contribution in [1.29, 1.82) is 0 Å². The standard InChI is InChI=1S/C6H10O.C4H6O2/c1-3-4-5-6(2)7;1-3(2)4(5)6/h3-7H,1H2,2H3;1H2,2H3,(H,5,6).